The molecule has 0 aliphatic heterocycles. The van der Waals surface area contributed by atoms with Crippen LogP contribution in [-0.2, 0) is 9.53 Å². The summed E-state index contributed by atoms with van der Waals surface area (Å²) in [5.74, 6) is 5.34. The summed E-state index contributed by atoms with van der Waals surface area (Å²) in [6.07, 6.45) is 22.5. The molecule has 2 nitrogen and oxygen atoms in total. The second kappa shape index (κ2) is 11.9. The van der Waals surface area contributed by atoms with Crippen molar-refractivity contribution in [2.45, 2.75) is 150 Å². The van der Waals surface area contributed by atoms with Crippen molar-refractivity contribution in [3.8, 4) is 0 Å². The lowest BCUT2D eigenvalue weighted by molar-refractivity contribution is -0.151. The molecule has 0 radical (unpaired) electrons. The maximum Gasteiger partial charge on any atom is 0.306 e. The number of ether oxygens (including phenoxy) is 1. The van der Waals surface area contributed by atoms with E-state index in [4.69, 9.17) is 4.74 Å². The van der Waals surface area contributed by atoms with Crippen LogP contribution in [-0.4, -0.2) is 12.1 Å². The second-order valence-electron chi connectivity index (χ2n) is 14.5. The van der Waals surface area contributed by atoms with E-state index < -0.39 is 0 Å². The standard InChI is InChI=1S/C34H58O2/c1-7-8-9-10-14-32(35)36-27-19-21-33(5)26(23-27)15-16-28-30-18-17-29(25(4)13-11-12-24(2)3)34(30,6)22-20-31(28)33/h15,24-25,27-31H,7-14,16-23H2,1-6H3/t25-,27+,28+,29+,30+,31+,33+,34-/m1/s1. The number of allylic oxidation sites excluding steroid dienone is 1. The van der Waals surface area contributed by atoms with E-state index in [0.717, 1.165) is 61.2 Å². The van der Waals surface area contributed by atoms with Crippen LogP contribution >= 0.6 is 0 Å². The minimum Gasteiger partial charge on any atom is -0.462 e. The fourth-order valence-corrected chi connectivity index (χ4v) is 9.69. The van der Waals surface area contributed by atoms with Gasteiger partial charge in [-0.2, -0.15) is 0 Å². The molecule has 3 saturated carbocycles. The monoisotopic (exact) mass is 498 g/mol. The molecule has 0 aromatic carbocycles. The number of esters is 1. The van der Waals surface area contributed by atoms with Gasteiger partial charge in [0.05, 0.1) is 0 Å². The topological polar surface area (TPSA) is 26.3 Å². The molecule has 2 heteroatoms. The lowest BCUT2D eigenvalue weighted by Gasteiger charge is -2.58. The van der Waals surface area contributed by atoms with E-state index in [0.29, 0.717) is 17.3 Å². The van der Waals surface area contributed by atoms with Crippen LogP contribution in [0.4, 0.5) is 0 Å². The van der Waals surface area contributed by atoms with Gasteiger partial charge in [-0.05, 0) is 97.7 Å². The molecule has 36 heavy (non-hydrogen) atoms. The summed E-state index contributed by atoms with van der Waals surface area (Å²) in [6.45, 7) is 14.8. The molecule has 206 valence electrons. The first-order chi connectivity index (χ1) is 17.2. The van der Waals surface area contributed by atoms with Gasteiger partial charge in [0.2, 0.25) is 0 Å². The zero-order valence-electron chi connectivity index (χ0n) is 24.7. The van der Waals surface area contributed by atoms with Crippen molar-refractivity contribution in [2.75, 3.05) is 0 Å². The number of hydrogen-bond acceptors (Lipinski definition) is 2. The molecule has 0 saturated heterocycles. The Bertz CT molecular complexity index is 767. The Morgan fingerprint density at radius 1 is 0.972 bits per heavy atom. The Morgan fingerprint density at radius 3 is 2.53 bits per heavy atom. The van der Waals surface area contributed by atoms with Gasteiger partial charge in [-0.15, -0.1) is 0 Å². The van der Waals surface area contributed by atoms with Crippen LogP contribution in [0.25, 0.3) is 0 Å². The molecule has 0 aromatic heterocycles. The maximum absolute atomic E-state index is 12.4. The number of hydrogen-bond donors (Lipinski definition) is 0. The molecule has 0 N–H and O–H groups in total. The first-order valence-corrected chi connectivity index (χ1v) is 16.1. The van der Waals surface area contributed by atoms with Crippen molar-refractivity contribution in [3.63, 3.8) is 0 Å². The van der Waals surface area contributed by atoms with Crippen molar-refractivity contribution < 1.29 is 9.53 Å². The van der Waals surface area contributed by atoms with E-state index in [1.807, 2.05) is 0 Å². The predicted octanol–water partition coefficient (Wildman–Crippen LogP) is 9.91. The van der Waals surface area contributed by atoms with Gasteiger partial charge >= 0.3 is 5.97 Å². The highest BCUT2D eigenvalue weighted by atomic mass is 16.5. The molecule has 0 bridgehead atoms. The van der Waals surface area contributed by atoms with Crippen LogP contribution in [0.3, 0.4) is 0 Å². The first-order valence-electron chi connectivity index (χ1n) is 16.1. The third-order valence-electron chi connectivity index (χ3n) is 11.8. The molecule has 0 unspecified atom stereocenters. The number of rotatable bonds is 11. The summed E-state index contributed by atoms with van der Waals surface area (Å²) in [5.41, 5.74) is 2.54. The summed E-state index contributed by atoms with van der Waals surface area (Å²) >= 11 is 0. The molecule has 4 aliphatic rings. The van der Waals surface area contributed by atoms with Gasteiger partial charge < -0.3 is 4.74 Å². The highest BCUT2D eigenvalue weighted by molar-refractivity contribution is 5.69. The van der Waals surface area contributed by atoms with Gasteiger partial charge in [0.1, 0.15) is 6.10 Å². The molecule has 4 rings (SSSR count). The van der Waals surface area contributed by atoms with Crippen molar-refractivity contribution >= 4 is 5.97 Å². The fourth-order valence-electron chi connectivity index (χ4n) is 9.69. The molecule has 8 atom stereocenters. The largest absolute Gasteiger partial charge is 0.462 e. The van der Waals surface area contributed by atoms with Gasteiger partial charge in [-0.1, -0.05) is 91.7 Å². The van der Waals surface area contributed by atoms with E-state index in [9.17, 15) is 4.79 Å². The minimum atomic E-state index is 0.0435. The van der Waals surface area contributed by atoms with Crippen molar-refractivity contribution in [2.24, 2.45) is 46.3 Å². The van der Waals surface area contributed by atoms with Crippen LogP contribution in [0.5, 0.6) is 0 Å². The molecule has 3 fully saturated rings. The second-order valence-corrected chi connectivity index (χ2v) is 14.5. The average Bonchev–Trinajstić information content (AvgIpc) is 3.19. The quantitative estimate of drug-likeness (QED) is 0.161. The van der Waals surface area contributed by atoms with Crippen molar-refractivity contribution in [1.29, 1.82) is 0 Å². The zero-order valence-corrected chi connectivity index (χ0v) is 24.7. The van der Waals surface area contributed by atoms with Gasteiger partial charge in [-0.25, -0.2) is 0 Å². The Labute approximate surface area is 223 Å². The number of carbonyl (C=O) groups excluding carboxylic acids is 1. The molecule has 0 amide bonds. The van der Waals surface area contributed by atoms with Crippen LogP contribution in [0, 0.1) is 46.3 Å². The Balaban J connectivity index is 1.36. The van der Waals surface area contributed by atoms with Gasteiger partial charge in [0.15, 0.2) is 0 Å². The Morgan fingerprint density at radius 2 is 1.78 bits per heavy atom. The van der Waals surface area contributed by atoms with Crippen LogP contribution in [0.1, 0.15) is 144 Å². The van der Waals surface area contributed by atoms with Crippen LogP contribution in [0.15, 0.2) is 11.6 Å². The molecular weight excluding hydrogens is 440 g/mol. The summed E-state index contributed by atoms with van der Waals surface area (Å²) in [4.78, 5) is 12.4. The smallest absolute Gasteiger partial charge is 0.306 e. The predicted molar refractivity (Wildman–Crippen MR) is 152 cm³/mol. The summed E-state index contributed by atoms with van der Waals surface area (Å²) in [5, 5.41) is 0. The molecule has 0 heterocycles. The lowest BCUT2D eigenvalue weighted by atomic mass is 9.47. The number of carbonyl (C=O) groups is 1. The zero-order chi connectivity index (χ0) is 25.9. The maximum atomic E-state index is 12.4. The average molecular weight is 499 g/mol. The van der Waals surface area contributed by atoms with Crippen LogP contribution < -0.4 is 0 Å². The lowest BCUT2D eigenvalue weighted by Crippen LogP contribution is -2.51. The fraction of sp³-hybridized carbons (Fsp3) is 0.912. The van der Waals surface area contributed by atoms with Crippen LogP contribution in [0.2, 0.25) is 0 Å². The molecular formula is C34H58O2. The SMILES string of the molecule is CCCCCCC(=O)O[C@H]1CC[C@@]2(C)C(=CC[C@H]3[C@@H]4CC[C@@H]([C@H](C)CCCC(C)C)[C@@]4(C)CC[C@@H]32)C1. The Kier molecular flexibility index (Phi) is 9.36. The third kappa shape index (κ3) is 5.78. The van der Waals surface area contributed by atoms with E-state index >= 15 is 0 Å². The van der Waals surface area contributed by atoms with E-state index in [2.05, 4.69) is 47.6 Å². The number of unbranched alkanes of at least 4 members (excludes halogenated alkanes) is 3. The normalized spacial score (nSPS) is 38.6. The highest BCUT2D eigenvalue weighted by Crippen LogP contribution is 2.67. The van der Waals surface area contributed by atoms with E-state index in [-0.39, 0.29) is 12.1 Å². The molecule has 4 aliphatic carbocycles. The molecule has 0 spiro atoms. The Hall–Kier alpha value is -0.790. The highest BCUT2D eigenvalue weighted by Gasteiger charge is 2.59. The van der Waals surface area contributed by atoms with Crippen molar-refractivity contribution in [1.82, 2.24) is 0 Å². The number of fused-ring (bicyclic) bond motifs is 5. The first kappa shape index (κ1) is 28.2. The van der Waals surface area contributed by atoms with Crippen molar-refractivity contribution in [3.05, 3.63) is 11.6 Å². The summed E-state index contributed by atoms with van der Waals surface area (Å²) in [7, 11) is 0. The van der Waals surface area contributed by atoms with Gasteiger partial charge in [-0.3, -0.25) is 4.79 Å². The minimum absolute atomic E-state index is 0.0435. The summed E-state index contributed by atoms with van der Waals surface area (Å²) in [6, 6.07) is 0. The summed E-state index contributed by atoms with van der Waals surface area (Å²) < 4.78 is 5.99. The third-order valence-corrected chi connectivity index (χ3v) is 11.8. The van der Waals surface area contributed by atoms with E-state index in [1.54, 1.807) is 5.57 Å². The molecule has 0 aromatic rings. The van der Waals surface area contributed by atoms with Gasteiger partial charge in [0.25, 0.3) is 0 Å². The van der Waals surface area contributed by atoms with Gasteiger partial charge in [0, 0.05) is 12.8 Å². The van der Waals surface area contributed by atoms with E-state index in [1.165, 1.54) is 70.6 Å².